The predicted octanol–water partition coefficient (Wildman–Crippen LogP) is 3.25. The second kappa shape index (κ2) is 7.22. The summed E-state index contributed by atoms with van der Waals surface area (Å²) in [4.78, 5) is 18.7. The highest BCUT2D eigenvalue weighted by atomic mass is 32.1. The van der Waals surface area contributed by atoms with E-state index in [2.05, 4.69) is 4.85 Å². The molecule has 0 aliphatic carbocycles. The van der Waals surface area contributed by atoms with Crippen molar-refractivity contribution in [2.24, 2.45) is 0 Å². The van der Waals surface area contributed by atoms with Crippen molar-refractivity contribution >= 4 is 39.7 Å². The van der Waals surface area contributed by atoms with E-state index in [1.807, 2.05) is 36.2 Å². The number of rotatable bonds is 6. The molecule has 0 unspecified atom stereocenters. The first-order chi connectivity index (χ1) is 10.5. The molecule has 0 saturated carbocycles. The van der Waals surface area contributed by atoms with Crippen LogP contribution < -0.4 is 4.90 Å². The standard InChI is InChI=1S/C15H14N2O3S2/c1-16-11(15(19)20)9-10-3-4-12(21-10)13-5-6-14(22-13)17(2)7-8-18/h3-6,9,18H,7-8H2,2H3,(H,19,20)/b11-9-. The number of hydrogen-bond acceptors (Lipinski definition) is 5. The van der Waals surface area contributed by atoms with E-state index in [1.165, 1.54) is 17.4 Å². The molecule has 22 heavy (non-hydrogen) atoms. The predicted molar refractivity (Wildman–Crippen MR) is 90.2 cm³/mol. The number of aliphatic carboxylic acids is 1. The summed E-state index contributed by atoms with van der Waals surface area (Å²) in [5.74, 6) is -1.21. The average molecular weight is 334 g/mol. The van der Waals surface area contributed by atoms with E-state index in [0.717, 1.165) is 19.6 Å². The molecule has 2 heterocycles. The molecule has 2 aromatic rings. The van der Waals surface area contributed by atoms with Crippen LogP contribution in [0.4, 0.5) is 5.00 Å². The van der Waals surface area contributed by atoms with Gasteiger partial charge >= 0.3 is 5.97 Å². The number of carbonyl (C=O) groups is 1. The minimum absolute atomic E-state index is 0.103. The fraction of sp³-hybridized carbons (Fsp3) is 0.200. The van der Waals surface area contributed by atoms with Gasteiger partial charge in [0, 0.05) is 28.2 Å². The summed E-state index contributed by atoms with van der Waals surface area (Å²) in [5.41, 5.74) is -0.289. The molecule has 2 rings (SSSR count). The third kappa shape index (κ3) is 3.74. The SMILES string of the molecule is [C-]#[N+]/C(=C\c1ccc(-c2ccc(N(C)CCO)s2)s1)C(=O)O. The monoisotopic (exact) mass is 334 g/mol. The molecule has 0 saturated heterocycles. The van der Waals surface area contributed by atoms with Crippen molar-refractivity contribution in [3.05, 3.63) is 46.3 Å². The molecule has 0 fully saturated rings. The lowest BCUT2D eigenvalue weighted by atomic mass is 10.3. The number of hydrogen-bond donors (Lipinski definition) is 2. The first kappa shape index (κ1) is 16.2. The van der Waals surface area contributed by atoms with Crippen molar-refractivity contribution in [3.63, 3.8) is 0 Å². The Morgan fingerprint density at radius 3 is 2.64 bits per heavy atom. The number of anilines is 1. The number of aliphatic hydroxyl groups excluding tert-OH is 1. The minimum Gasteiger partial charge on any atom is -0.486 e. The fourth-order valence-electron chi connectivity index (χ4n) is 1.76. The Bertz CT molecular complexity index is 740. The van der Waals surface area contributed by atoms with E-state index in [1.54, 1.807) is 11.3 Å². The Morgan fingerprint density at radius 2 is 2.00 bits per heavy atom. The number of carboxylic acids is 1. The van der Waals surface area contributed by atoms with Gasteiger partial charge in [-0.3, -0.25) is 4.79 Å². The molecular weight excluding hydrogens is 320 g/mol. The summed E-state index contributed by atoms with van der Waals surface area (Å²) in [7, 11) is 1.92. The van der Waals surface area contributed by atoms with Crippen molar-refractivity contribution in [3.8, 4) is 9.75 Å². The van der Waals surface area contributed by atoms with Crippen molar-refractivity contribution in [1.29, 1.82) is 0 Å². The van der Waals surface area contributed by atoms with Gasteiger partial charge in [-0.15, -0.1) is 22.7 Å². The maximum Gasteiger partial charge on any atom is 0.333 e. The minimum atomic E-state index is -1.21. The molecule has 0 atom stereocenters. The maximum absolute atomic E-state index is 10.9. The summed E-state index contributed by atoms with van der Waals surface area (Å²) >= 11 is 3.05. The molecule has 0 radical (unpaired) electrons. The number of nitrogens with zero attached hydrogens (tertiary/aromatic N) is 2. The van der Waals surface area contributed by atoms with Crippen molar-refractivity contribution in [1.82, 2.24) is 0 Å². The van der Waals surface area contributed by atoms with Crippen molar-refractivity contribution < 1.29 is 15.0 Å². The van der Waals surface area contributed by atoms with Gasteiger partial charge in [0.1, 0.15) is 0 Å². The van der Waals surface area contributed by atoms with Crippen LogP contribution in [0.2, 0.25) is 0 Å². The van der Waals surface area contributed by atoms with Gasteiger partial charge in [-0.2, -0.15) is 0 Å². The molecule has 0 bridgehead atoms. The zero-order chi connectivity index (χ0) is 16.1. The number of carboxylic acid groups (broad SMARTS) is 1. The Morgan fingerprint density at radius 1 is 1.32 bits per heavy atom. The van der Waals surface area contributed by atoms with Crippen LogP contribution in [0.1, 0.15) is 4.88 Å². The number of aliphatic hydroxyl groups is 1. The molecule has 7 heteroatoms. The van der Waals surface area contributed by atoms with Gasteiger partial charge in [0.05, 0.1) is 18.2 Å². The molecular formula is C15H14N2O3S2. The summed E-state index contributed by atoms with van der Waals surface area (Å²) in [6, 6.07) is 7.72. The molecule has 0 spiro atoms. The summed E-state index contributed by atoms with van der Waals surface area (Å²) < 4.78 is 0. The van der Waals surface area contributed by atoms with Crippen LogP contribution in [0.15, 0.2) is 30.0 Å². The van der Waals surface area contributed by atoms with Gasteiger partial charge in [0.25, 0.3) is 5.70 Å². The first-order valence-corrected chi connectivity index (χ1v) is 8.03. The lowest BCUT2D eigenvalue weighted by Gasteiger charge is -2.14. The zero-order valence-electron chi connectivity index (χ0n) is 11.8. The van der Waals surface area contributed by atoms with Crippen LogP contribution in [0.3, 0.4) is 0 Å². The Labute approximate surface area is 136 Å². The van der Waals surface area contributed by atoms with E-state index in [-0.39, 0.29) is 12.3 Å². The second-order valence-electron chi connectivity index (χ2n) is 4.43. The quantitative estimate of drug-likeness (QED) is 0.629. The van der Waals surface area contributed by atoms with Crippen LogP contribution in [-0.2, 0) is 4.79 Å². The first-order valence-electron chi connectivity index (χ1n) is 6.39. The van der Waals surface area contributed by atoms with E-state index in [4.69, 9.17) is 16.8 Å². The lowest BCUT2D eigenvalue weighted by Crippen LogP contribution is -2.19. The average Bonchev–Trinajstić information content (AvgIpc) is 3.13. The Hall–Kier alpha value is -2.14. The number of likely N-dealkylation sites (N-methyl/N-ethyl adjacent to an activating group) is 1. The number of thiophene rings is 2. The fourth-order valence-corrected chi connectivity index (χ4v) is 3.79. The van der Waals surface area contributed by atoms with Gasteiger partial charge < -0.3 is 15.1 Å². The van der Waals surface area contributed by atoms with Crippen LogP contribution in [0, 0.1) is 6.57 Å². The molecule has 0 aliphatic rings. The lowest BCUT2D eigenvalue weighted by molar-refractivity contribution is -0.132. The Kier molecular flexibility index (Phi) is 5.33. The van der Waals surface area contributed by atoms with Gasteiger partial charge in [-0.25, -0.2) is 4.85 Å². The third-order valence-electron chi connectivity index (χ3n) is 2.89. The molecule has 2 N–H and O–H groups in total. The largest absolute Gasteiger partial charge is 0.486 e. The van der Waals surface area contributed by atoms with Crippen molar-refractivity contribution in [2.75, 3.05) is 25.1 Å². The molecule has 0 aromatic carbocycles. The maximum atomic E-state index is 10.9. The van der Waals surface area contributed by atoms with Crippen molar-refractivity contribution in [2.45, 2.75) is 0 Å². The second-order valence-corrected chi connectivity index (χ2v) is 6.61. The van der Waals surface area contributed by atoms with E-state index >= 15 is 0 Å². The molecule has 114 valence electrons. The van der Waals surface area contributed by atoms with Gasteiger partial charge in [0.15, 0.2) is 0 Å². The van der Waals surface area contributed by atoms with E-state index < -0.39 is 5.97 Å². The van der Waals surface area contributed by atoms with Crippen LogP contribution >= 0.6 is 22.7 Å². The topological polar surface area (TPSA) is 65.1 Å². The normalized spacial score (nSPS) is 11.2. The summed E-state index contributed by atoms with van der Waals surface area (Å²) in [6.07, 6.45) is 1.38. The van der Waals surface area contributed by atoms with Crippen LogP contribution in [0.5, 0.6) is 0 Å². The smallest absolute Gasteiger partial charge is 0.333 e. The highest BCUT2D eigenvalue weighted by Crippen LogP contribution is 2.37. The van der Waals surface area contributed by atoms with Gasteiger partial charge in [-0.05, 0) is 30.3 Å². The van der Waals surface area contributed by atoms with Gasteiger partial charge in [-0.1, -0.05) is 0 Å². The highest BCUT2D eigenvalue weighted by Gasteiger charge is 2.10. The Balaban J connectivity index is 2.22. The summed E-state index contributed by atoms with van der Waals surface area (Å²) in [6.45, 7) is 7.54. The summed E-state index contributed by atoms with van der Waals surface area (Å²) in [5, 5.41) is 18.9. The van der Waals surface area contributed by atoms with E-state index in [9.17, 15) is 4.79 Å². The van der Waals surface area contributed by atoms with Crippen LogP contribution in [0.25, 0.3) is 20.7 Å². The molecule has 0 aliphatic heterocycles. The third-order valence-corrected chi connectivity index (χ3v) is 5.32. The highest BCUT2D eigenvalue weighted by molar-refractivity contribution is 7.24. The zero-order valence-corrected chi connectivity index (χ0v) is 13.4. The van der Waals surface area contributed by atoms with E-state index in [0.29, 0.717) is 6.54 Å². The van der Waals surface area contributed by atoms with Crippen LogP contribution in [-0.4, -0.2) is 36.4 Å². The molecule has 5 nitrogen and oxygen atoms in total. The molecule has 0 amide bonds. The molecule has 2 aromatic heterocycles. The van der Waals surface area contributed by atoms with Gasteiger partial charge in [0.2, 0.25) is 0 Å².